The molecule has 130 valence electrons. The molecular formula is C18H17ClFN3OS. The van der Waals surface area contributed by atoms with E-state index in [1.54, 1.807) is 13.1 Å². The van der Waals surface area contributed by atoms with Crippen molar-refractivity contribution in [1.82, 2.24) is 9.88 Å². The molecule has 7 heteroatoms. The Morgan fingerprint density at radius 3 is 2.80 bits per heavy atom. The molecule has 1 aromatic heterocycles. The molecule has 1 amide bonds. The van der Waals surface area contributed by atoms with E-state index < -0.39 is 5.82 Å². The van der Waals surface area contributed by atoms with Crippen LogP contribution in [-0.2, 0) is 11.3 Å². The highest BCUT2D eigenvalue weighted by atomic mass is 35.5. The van der Waals surface area contributed by atoms with Gasteiger partial charge in [0, 0.05) is 29.9 Å². The third-order valence-electron chi connectivity index (χ3n) is 3.64. The van der Waals surface area contributed by atoms with Crippen molar-refractivity contribution in [2.24, 2.45) is 0 Å². The molecule has 0 aliphatic rings. The van der Waals surface area contributed by atoms with Gasteiger partial charge in [-0.3, -0.25) is 4.79 Å². The van der Waals surface area contributed by atoms with Crippen molar-refractivity contribution in [2.75, 3.05) is 12.8 Å². The van der Waals surface area contributed by atoms with E-state index in [2.05, 4.69) is 11.1 Å². The molecule has 0 atom stereocenters. The number of nitrogens with zero attached hydrogens (tertiary/aromatic N) is 3. The molecule has 0 bridgehead atoms. The number of halogens is 2. The molecule has 0 saturated carbocycles. The first-order chi connectivity index (χ1) is 11.8. The normalized spacial score (nSPS) is 10.4. The topological polar surface area (TPSA) is 57.0 Å². The minimum absolute atomic E-state index is 0.0796. The van der Waals surface area contributed by atoms with Crippen LogP contribution >= 0.6 is 23.4 Å². The van der Waals surface area contributed by atoms with Crippen LogP contribution in [-0.4, -0.2) is 28.6 Å². The van der Waals surface area contributed by atoms with Crippen LogP contribution in [0.25, 0.3) is 0 Å². The van der Waals surface area contributed by atoms with Gasteiger partial charge in [-0.25, -0.2) is 9.37 Å². The van der Waals surface area contributed by atoms with Gasteiger partial charge in [0.2, 0.25) is 5.91 Å². The standard InChI is InChI=1S/C18H17ClFN3OS/c1-11-7-12(2)22-18(13(11)8-21)25-10-17(24)23(3)9-14-15(19)5-4-6-16(14)20/h4-7H,9-10H2,1-3H3. The number of benzene rings is 1. The molecule has 0 aliphatic heterocycles. The fourth-order valence-corrected chi connectivity index (χ4v) is 3.55. The molecule has 0 radical (unpaired) electrons. The molecule has 25 heavy (non-hydrogen) atoms. The Balaban J connectivity index is 2.07. The highest BCUT2D eigenvalue weighted by molar-refractivity contribution is 8.00. The second-order valence-electron chi connectivity index (χ2n) is 5.61. The van der Waals surface area contributed by atoms with E-state index in [9.17, 15) is 14.4 Å². The maximum absolute atomic E-state index is 13.8. The molecule has 0 N–H and O–H groups in total. The number of pyridine rings is 1. The van der Waals surface area contributed by atoms with Gasteiger partial charge in [-0.2, -0.15) is 5.26 Å². The van der Waals surface area contributed by atoms with Gasteiger partial charge >= 0.3 is 0 Å². The zero-order valence-electron chi connectivity index (χ0n) is 14.1. The van der Waals surface area contributed by atoms with Crippen molar-refractivity contribution in [1.29, 1.82) is 5.26 Å². The maximum Gasteiger partial charge on any atom is 0.233 e. The highest BCUT2D eigenvalue weighted by Crippen LogP contribution is 2.25. The fraction of sp³-hybridized carbons (Fsp3) is 0.278. The van der Waals surface area contributed by atoms with Crippen LogP contribution in [0.15, 0.2) is 29.3 Å². The van der Waals surface area contributed by atoms with E-state index in [0.717, 1.165) is 11.3 Å². The molecule has 0 aliphatic carbocycles. The van der Waals surface area contributed by atoms with Gasteiger partial charge in [0.05, 0.1) is 11.3 Å². The number of nitriles is 1. The number of thioether (sulfide) groups is 1. The smallest absolute Gasteiger partial charge is 0.233 e. The molecule has 0 saturated heterocycles. The van der Waals surface area contributed by atoms with Crippen LogP contribution in [0.4, 0.5) is 4.39 Å². The number of carbonyl (C=O) groups excluding carboxylic acids is 1. The van der Waals surface area contributed by atoms with E-state index in [1.165, 1.54) is 28.8 Å². The van der Waals surface area contributed by atoms with Crippen molar-refractivity contribution in [3.05, 3.63) is 57.5 Å². The molecule has 0 spiro atoms. The molecule has 2 rings (SSSR count). The summed E-state index contributed by atoms with van der Waals surface area (Å²) in [5.41, 5.74) is 2.38. The molecule has 1 heterocycles. The zero-order valence-corrected chi connectivity index (χ0v) is 15.7. The number of rotatable bonds is 5. The number of carbonyl (C=O) groups is 1. The quantitative estimate of drug-likeness (QED) is 0.735. The van der Waals surface area contributed by atoms with Crippen molar-refractivity contribution >= 4 is 29.3 Å². The summed E-state index contributed by atoms with van der Waals surface area (Å²) >= 11 is 7.20. The second-order valence-corrected chi connectivity index (χ2v) is 6.98. The lowest BCUT2D eigenvalue weighted by Gasteiger charge is -2.18. The number of aromatic nitrogens is 1. The largest absolute Gasteiger partial charge is 0.341 e. The SMILES string of the molecule is Cc1cc(C)c(C#N)c(SCC(=O)N(C)Cc2c(F)cccc2Cl)n1. The van der Waals surface area contributed by atoms with Crippen LogP contribution in [0.1, 0.15) is 22.4 Å². The summed E-state index contributed by atoms with van der Waals surface area (Å²) in [5.74, 6) is -0.538. The summed E-state index contributed by atoms with van der Waals surface area (Å²) in [4.78, 5) is 18.1. The van der Waals surface area contributed by atoms with Gasteiger partial charge in [-0.05, 0) is 37.6 Å². The average Bonchev–Trinajstić information content (AvgIpc) is 2.55. The van der Waals surface area contributed by atoms with E-state index in [-0.39, 0.29) is 28.8 Å². The Morgan fingerprint density at radius 2 is 2.16 bits per heavy atom. The minimum atomic E-state index is -0.442. The van der Waals surface area contributed by atoms with Gasteiger partial charge in [0.25, 0.3) is 0 Å². The highest BCUT2D eigenvalue weighted by Gasteiger charge is 2.16. The summed E-state index contributed by atoms with van der Waals surface area (Å²) in [6.07, 6.45) is 0. The Morgan fingerprint density at radius 1 is 1.44 bits per heavy atom. The number of aryl methyl sites for hydroxylation is 2. The Hall–Kier alpha value is -2.10. The van der Waals surface area contributed by atoms with Crippen LogP contribution < -0.4 is 0 Å². The van der Waals surface area contributed by atoms with Crippen LogP contribution in [0.2, 0.25) is 5.02 Å². The van der Waals surface area contributed by atoms with Gasteiger partial charge in [0.1, 0.15) is 16.9 Å². The van der Waals surface area contributed by atoms with E-state index in [1.807, 2.05) is 19.9 Å². The Bertz CT molecular complexity index is 831. The molecule has 0 fully saturated rings. The summed E-state index contributed by atoms with van der Waals surface area (Å²) in [6, 6.07) is 8.38. The van der Waals surface area contributed by atoms with E-state index >= 15 is 0 Å². The summed E-state index contributed by atoms with van der Waals surface area (Å²) < 4.78 is 13.8. The molecule has 4 nitrogen and oxygen atoms in total. The van der Waals surface area contributed by atoms with Gasteiger partial charge in [-0.1, -0.05) is 29.4 Å². The number of hydrogen-bond acceptors (Lipinski definition) is 4. The first-order valence-electron chi connectivity index (χ1n) is 7.51. The number of hydrogen-bond donors (Lipinski definition) is 0. The lowest BCUT2D eigenvalue weighted by Crippen LogP contribution is -2.28. The monoisotopic (exact) mass is 377 g/mol. The molecule has 0 unspecified atom stereocenters. The Kier molecular flexibility index (Phi) is 6.40. The lowest BCUT2D eigenvalue weighted by atomic mass is 10.1. The van der Waals surface area contributed by atoms with Crippen molar-refractivity contribution in [3.63, 3.8) is 0 Å². The van der Waals surface area contributed by atoms with Gasteiger partial charge < -0.3 is 4.90 Å². The first kappa shape index (κ1) is 19.2. The van der Waals surface area contributed by atoms with Crippen LogP contribution in [0, 0.1) is 31.0 Å². The fourth-order valence-electron chi connectivity index (χ4n) is 2.29. The number of amides is 1. The first-order valence-corrected chi connectivity index (χ1v) is 8.87. The van der Waals surface area contributed by atoms with Gasteiger partial charge in [0.15, 0.2) is 0 Å². The average molecular weight is 378 g/mol. The summed E-state index contributed by atoms with van der Waals surface area (Å²) in [5, 5.41) is 10.1. The van der Waals surface area contributed by atoms with Crippen molar-refractivity contribution < 1.29 is 9.18 Å². The predicted molar refractivity (Wildman–Crippen MR) is 97.0 cm³/mol. The summed E-state index contributed by atoms with van der Waals surface area (Å²) in [6.45, 7) is 3.76. The van der Waals surface area contributed by atoms with E-state index in [4.69, 9.17) is 11.6 Å². The lowest BCUT2D eigenvalue weighted by molar-refractivity contribution is -0.127. The van der Waals surface area contributed by atoms with Crippen LogP contribution in [0.5, 0.6) is 0 Å². The predicted octanol–water partition coefficient (Wildman–Crippen LogP) is 4.11. The minimum Gasteiger partial charge on any atom is -0.341 e. The van der Waals surface area contributed by atoms with Gasteiger partial charge in [-0.15, -0.1) is 0 Å². The van der Waals surface area contributed by atoms with E-state index in [0.29, 0.717) is 10.6 Å². The molecule has 2 aromatic rings. The zero-order chi connectivity index (χ0) is 18.6. The Labute approximate surface area is 155 Å². The maximum atomic E-state index is 13.8. The van der Waals surface area contributed by atoms with Crippen molar-refractivity contribution in [3.8, 4) is 6.07 Å². The second kappa shape index (κ2) is 8.32. The molecular weight excluding hydrogens is 361 g/mol. The van der Waals surface area contributed by atoms with Crippen LogP contribution in [0.3, 0.4) is 0 Å². The summed E-state index contributed by atoms with van der Waals surface area (Å²) in [7, 11) is 1.59. The molecule has 1 aromatic carbocycles. The third-order valence-corrected chi connectivity index (χ3v) is 4.95. The third kappa shape index (κ3) is 4.71. The van der Waals surface area contributed by atoms with Crippen molar-refractivity contribution in [2.45, 2.75) is 25.4 Å².